The van der Waals surface area contributed by atoms with E-state index in [0.29, 0.717) is 22.6 Å². The quantitative estimate of drug-likeness (QED) is 0.752. The van der Waals surface area contributed by atoms with Crippen LogP contribution in [0, 0.1) is 5.82 Å². The second-order valence-electron chi connectivity index (χ2n) is 4.98. The first kappa shape index (κ1) is 15.0. The van der Waals surface area contributed by atoms with E-state index in [1.807, 2.05) is 0 Å². The fraction of sp³-hybridized carbons (Fsp3) is 0.176. The van der Waals surface area contributed by atoms with E-state index >= 15 is 0 Å². The minimum Gasteiger partial charge on any atom is -0.504 e. The molecular weight excluding hydrogens is 299 g/mol. The summed E-state index contributed by atoms with van der Waals surface area (Å²) in [7, 11) is 0. The number of aromatic nitrogens is 2. The van der Waals surface area contributed by atoms with E-state index in [0.717, 1.165) is 0 Å². The molecule has 2 aromatic heterocycles. The number of hydrogen-bond acceptors (Lipinski definition) is 4. The van der Waals surface area contributed by atoms with Crippen LogP contribution in [0.5, 0.6) is 5.75 Å². The Balaban J connectivity index is 2.17. The number of rotatable bonds is 4. The molecule has 0 amide bonds. The zero-order chi connectivity index (χ0) is 16.4. The summed E-state index contributed by atoms with van der Waals surface area (Å²) < 4.78 is 19.8. The normalized spacial score (nSPS) is 10.9. The Bertz CT molecular complexity index is 856. The molecule has 1 N–H and O–H groups in total. The fourth-order valence-corrected chi connectivity index (χ4v) is 2.46. The third-order valence-corrected chi connectivity index (χ3v) is 3.46. The number of hydrogen-bond donors (Lipinski definition) is 1. The highest BCUT2D eigenvalue weighted by atomic mass is 19.1. The van der Waals surface area contributed by atoms with Crippen molar-refractivity contribution in [1.29, 1.82) is 0 Å². The lowest BCUT2D eigenvalue weighted by Crippen LogP contribution is -2.10. The molecule has 0 aliphatic rings. The summed E-state index contributed by atoms with van der Waals surface area (Å²) in [6.07, 6.45) is 1.72. The maximum absolute atomic E-state index is 13.1. The van der Waals surface area contributed by atoms with Crippen molar-refractivity contribution >= 4 is 11.6 Å². The Morgan fingerprint density at radius 3 is 2.74 bits per heavy atom. The van der Waals surface area contributed by atoms with Gasteiger partial charge in [0.25, 0.3) is 0 Å². The van der Waals surface area contributed by atoms with Gasteiger partial charge in [-0.05, 0) is 43.3 Å². The molecule has 2 heterocycles. The van der Waals surface area contributed by atoms with Gasteiger partial charge in [0.15, 0.2) is 11.4 Å². The number of pyridine rings is 1. The molecule has 0 saturated heterocycles. The Labute approximate surface area is 132 Å². The maximum atomic E-state index is 13.1. The van der Waals surface area contributed by atoms with Crippen LogP contribution < -0.4 is 0 Å². The Kier molecular flexibility index (Phi) is 3.97. The highest BCUT2D eigenvalue weighted by Crippen LogP contribution is 2.28. The number of esters is 1. The minimum atomic E-state index is -0.388. The molecule has 3 aromatic rings. The van der Waals surface area contributed by atoms with Gasteiger partial charge in [0, 0.05) is 11.8 Å². The van der Waals surface area contributed by atoms with Gasteiger partial charge in [-0.3, -0.25) is 9.20 Å². The van der Waals surface area contributed by atoms with Crippen molar-refractivity contribution in [3.05, 3.63) is 54.1 Å². The number of carbonyl (C=O) groups is 1. The number of ether oxygens (including phenoxy) is 1. The second-order valence-corrected chi connectivity index (χ2v) is 4.98. The van der Waals surface area contributed by atoms with E-state index < -0.39 is 0 Å². The smallest absolute Gasteiger partial charge is 0.311 e. The maximum Gasteiger partial charge on any atom is 0.311 e. The summed E-state index contributed by atoms with van der Waals surface area (Å²) >= 11 is 0. The van der Waals surface area contributed by atoms with Crippen LogP contribution in [-0.2, 0) is 16.0 Å². The minimum absolute atomic E-state index is 0.00513. The van der Waals surface area contributed by atoms with Gasteiger partial charge in [0.05, 0.1) is 24.4 Å². The molecule has 6 heteroatoms. The van der Waals surface area contributed by atoms with Gasteiger partial charge < -0.3 is 9.84 Å². The van der Waals surface area contributed by atoms with Crippen LogP contribution in [-0.4, -0.2) is 27.1 Å². The molecule has 23 heavy (non-hydrogen) atoms. The molecule has 0 aliphatic carbocycles. The molecule has 0 radical (unpaired) electrons. The fourth-order valence-electron chi connectivity index (χ4n) is 2.46. The molecule has 0 fully saturated rings. The molecule has 5 nitrogen and oxygen atoms in total. The lowest BCUT2D eigenvalue weighted by Gasteiger charge is -2.05. The first-order valence-electron chi connectivity index (χ1n) is 7.20. The SMILES string of the molecule is CCOC(=O)Cc1c(-c2ccc(F)cc2)nc2c(O)cccn12. The van der Waals surface area contributed by atoms with E-state index in [1.165, 1.54) is 18.2 Å². The third-order valence-electron chi connectivity index (χ3n) is 3.46. The van der Waals surface area contributed by atoms with Crippen molar-refractivity contribution in [3.8, 4) is 17.0 Å². The van der Waals surface area contributed by atoms with Gasteiger partial charge in [-0.2, -0.15) is 0 Å². The van der Waals surface area contributed by atoms with Crippen molar-refractivity contribution < 1.29 is 19.0 Å². The van der Waals surface area contributed by atoms with Crippen LogP contribution in [0.2, 0.25) is 0 Å². The highest BCUT2D eigenvalue weighted by molar-refractivity contribution is 5.78. The van der Waals surface area contributed by atoms with Crippen molar-refractivity contribution in [3.63, 3.8) is 0 Å². The van der Waals surface area contributed by atoms with Crippen molar-refractivity contribution in [2.75, 3.05) is 6.61 Å². The predicted molar refractivity (Wildman–Crippen MR) is 82.6 cm³/mol. The average molecular weight is 314 g/mol. The second kappa shape index (κ2) is 6.08. The summed E-state index contributed by atoms with van der Waals surface area (Å²) in [6, 6.07) is 9.00. The number of nitrogens with zero attached hydrogens (tertiary/aromatic N) is 2. The van der Waals surface area contributed by atoms with E-state index in [4.69, 9.17) is 4.74 Å². The summed E-state index contributed by atoms with van der Waals surface area (Å²) in [5.74, 6) is -0.737. The Morgan fingerprint density at radius 2 is 2.04 bits per heavy atom. The third kappa shape index (κ3) is 2.88. The van der Waals surface area contributed by atoms with Crippen LogP contribution in [0.3, 0.4) is 0 Å². The van der Waals surface area contributed by atoms with Crippen molar-refractivity contribution in [1.82, 2.24) is 9.38 Å². The zero-order valence-electron chi connectivity index (χ0n) is 12.5. The first-order valence-corrected chi connectivity index (χ1v) is 7.20. The standard InChI is InChI=1S/C17H15FN2O3/c1-2-23-15(22)10-13-16(11-5-7-12(18)8-6-11)19-17-14(21)4-3-9-20(13)17/h3-9,21H,2,10H2,1H3. The highest BCUT2D eigenvalue weighted by Gasteiger charge is 2.19. The van der Waals surface area contributed by atoms with E-state index in [-0.39, 0.29) is 30.6 Å². The number of aromatic hydroxyl groups is 1. The van der Waals surface area contributed by atoms with E-state index in [1.54, 1.807) is 35.7 Å². The molecule has 0 atom stereocenters. The summed E-state index contributed by atoms with van der Waals surface area (Å²) in [4.78, 5) is 16.3. The molecule has 1 aromatic carbocycles. The summed E-state index contributed by atoms with van der Waals surface area (Å²) in [6.45, 7) is 2.02. The molecule has 0 spiro atoms. The van der Waals surface area contributed by atoms with Crippen molar-refractivity contribution in [2.45, 2.75) is 13.3 Å². The first-order chi connectivity index (χ1) is 11.1. The van der Waals surface area contributed by atoms with Gasteiger partial charge in [-0.1, -0.05) is 0 Å². The molecule has 118 valence electrons. The van der Waals surface area contributed by atoms with Gasteiger partial charge in [-0.15, -0.1) is 0 Å². The van der Waals surface area contributed by atoms with Crippen LogP contribution in [0.4, 0.5) is 4.39 Å². The van der Waals surface area contributed by atoms with Gasteiger partial charge in [0.2, 0.25) is 0 Å². The molecule has 0 unspecified atom stereocenters. The largest absolute Gasteiger partial charge is 0.504 e. The van der Waals surface area contributed by atoms with Crippen LogP contribution in [0.25, 0.3) is 16.9 Å². The summed E-state index contributed by atoms with van der Waals surface area (Å²) in [5, 5.41) is 9.98. The number of fused-ring (bicyclic) bond motifs is 1. The van der Waals surface area contributed by atoms with Crippen molar-refractivity contribution in [2.24, 2.45) is 0 Å². The van der Waals surface area contributed by atoms with E-state index in [9.17, 15) is 14.3 Å². The van der Waals surface area contributed by atoms with Gasteiger partial charge in [-0.25, -0.2) is 9.37 Å². The zero-order valence-corrected chi connectivity index (χ0v) is 12.5. The summed E-state index contributed by atoms with van der Waals surface area (Å²) in [5.41, 5.74) is 2.10. The lowest BCUT2D eigenvalue weighted by atomic mass is 10.1. The number of benzene rings is 1. The molecule has 3 rings (SSSR count). The van der Waals surface area contributed by atoms with Gasteiger partial charge in [0.1, 0.15) is 5.82 Å². The number of halogens is 1. The van der Waals surface area contributed by atoms with Gasteiger partial charge >= 0.3 is 5.97 Å². The topological polar surface area (TPSA) is 63.8 Å². The van der Waals surface area contributed by atoms with Crippen LogP contribution >= 0.6 is 0 Å². The lowest BCUT2D eigenvalue weighted by molar-refractivity contribution is -0.142. The molecule has 0 saturated carbocycles. The van der Waals surface area contributed by atoms with E-state index in [2.05, 4.69) is 4.98 Å². The number of carbonyl (C=O) groups excluding carboxylic acids is 1. The monoisotopic (exact) mass is 314 g/mol. The average Bonchev–Trinajstić information content (AvgIpc) is 2.89. The molecule has 0 bridgehead atoms. The molecule has 0 aliphatic heterocycles. The van der Waals surface area contributed by atoms with Crippen LogP contribution in [0.15, 0.2) is 42.6 Å². The Hall–Kier alpha value is -2.89. The number of imidazole rings is 1. The van der Waals surface area contributed by atoms with Crippen LogP contribution in [0.1, 0.15) is 12.6 Å². The predicted octanol–water partition coefficient (Wildman–Crippen LogP) is 2.95. The Morgan fingerprint density at radius 1 is 1.30 bits per heavy atom. The molecular formula is C17H15FN2O3.